The summed E-state index contributed by atoms with van der Waals surface area (Å²) in [6.07, 6.45) is 2.64. The molecular weight excluding hydrogens is 321 g/mol. The number of carbonyl (C=O) groups is 1. The van der Waals surface area contributed by atoms with E-state index >= 15 is 0 Å². The Bertz CT molecular complexity index is 586. The predicted molar refractivity (Wildman–Crippen MR) is 71.7 cm³/mol. The van der Waals surface area contributed by atoms with Crippen LogP contribution in [0.4, 0.5) is 9.52 Å². The third kappa shape index (κ3) is 3.44. The molecule has 2 rings (SSSR count). The minimum Gasteiger partial charge on any atom is -0.297 e. The van der Waals surface area contributed by atoms with Gasteiger partial charge >= 0.3 is 0 Å². The van der Waals surface area contributed by atoms with Crippen molar-refractivity contribution in [3.05, 3.63) is 45.6 Å². The number of carbonyl (C=O) groups excluding carboxylic acids is 1. The van der Waals surface area contributed by atoms with E-state index in [1.165, 1.54) is 35.1 Å². The van der Waals surface area contributed by atoms with Gasteiger partial charge in [0, 0.05) is 16.1 Å². The maximum Gasteiger partial charge on any atom is 0.250 e. The normalized spacial score (nSPS) is 10.8. The lowest BCUT2D eigenvalue weighted by atomic mass is 10.2. The molecule has 0 aliphatic rings. The van der Waals surface area contributed by atoms with E-state index in [0.717, 1.165) is 4.47 Å². The van der Waals surface area contributed by atoms with Crippen LogP contribution >= 0.6 is 27.3 Å². The van der Waals surface area contributed by atoms with Crippen LogP contribution in [-0.2, 0) is 4.79 Å². The number of halogens is 2. The summed E-state index contributed by atoms with van der Waals surface area (Å²) in [5.41, 5.74) is 1.84. The van der Waals surface area contributed by atoms with Crippen molar-refractivity contribution in [3.63, 3.8) is 0 Å². The second-order valence-corrected chi connectivity index (χ2v) is 4.98. The number of hydrogen-bond acceptors (Lipinski definition) is 4. The molecule has 0 saturated heterocycles. The van der Waals surface area contributed by atoms with Gasteiger partial charge in [0.1, 0.15) is 11.3 Å². The first-order valence-corrected chi connectivity index (χ1v) is 6.53. The van der Waals surface area contributed by atoms with Gasteiger partial charge in [-0.2, -0.15) is 0 Å². The first-order valence-electron chi connectivity index (χ1n) is 4.85. The van der Waals surface area contributed by atoms with Gasteiger partial charge in [-0.3, -0.25) is 10.1 Å². The van der Waals surface area contributed by atoms with Gasteiger partial charge in [-0.1, -0.05) is 27.3 Å². The van der Waals surface area contributed by atoms with Crippen LogP contribution in [0.5, 0.6) is 0 Å². The van der Waals surface area contributed by atoms with Crippen molar-refractivity contribution in [3.8, 4) is 0 Å². The van der Waals surface area contributed by atoms with Gasteiger partial charge < -0.3 is 0 Å². The first kappa shape index (κ1) is 12.8. The Morgan fingerprint density at radius 3 is 3.06 bits per heavy atom. The zero-order valence-electron chi connectivity index (χ0n) is 8.93. The van der Waals surface area contributed by atoms with Gasteiger partial charge in [-0.05, 0) is 24.3 Å². The third-order valence-electron chi connectivity index (χ3n) is 1.96. The molecule has 0 bridgehead atoms. The Balaban J connectivity index is 2.06. The third-order valence-corrected chi connectivity index (χ3v) is 3.06. The lowest BCUT2D eigenvalue weighted by Gasteiger charge is -1.98. The van der Waals surface area contributed by atoms with E-state index in [4.69, 9.17) is 0 Å². The topological polar surface area (TPSA) is 54.9 Å². The molecule has 92 valence electrons. The van der Waals surface area contributed by atoms with E-state index in [9.17, 15) is 9.18 Å². The van der Waals surface area contributed by atoms with Gasteiger partial charge in [0.15, 0.2) is 0 Å². The molecule has 1 aromatic heterocycles. The minimum absolute atomic E-state index is 0.330. The van der Waals surface area contributed by atoms with Crippen LogP contribution in [-0.4, -0.2) is 16.1 Å². The predicted octanol–water partition coefficient (Wildman–Crippen LogP) is 3.09. The number of benzene rings is 1. The van der Waals surface area contributed by atoms with E-state index in [-0.39, 0.29) is 5.91 Å². The summed E-state index contributed by atoms with van der Waals surface area (Å²) in [5, 5.41) is 10.2. The molecule has 0 aliphatic heterocycles. The van der Waals surface area contributed by atoms with Crippen LogP contribution in [0.1, 0.15) is 5.56 Å². The Morgan fingerprint density at radius 2 is 2.33 bits per heavy atom. The Hall–Kier alpha value is -1.60. The second-order valence-electron chi connectivity index (χ2n) is 3.23. The average Bonchev–Trinajstić information content (AvgIpc) is 2.83. The zero-order chi connectivity index (χ0) is 13.0. The molecule has 1 amide bonds. The van der Waals surface area contributed by atoms with Crippen molar-refractivity contribution >= 4 is 44.4 Å². The highest BCUT2D eigenvalue weighted by Crippen LogP contribution is 2.17. The molecule has 1 aromatic carbocycles. The van der Waals surface area contributed by atoms with E-state index in [1.807, 2.05) is 0 Å². The Kier molecular flexibility index (Phi) is 4.16. The molecule has 0 fully saturated rings. The molecule has 18 heavy (non-hydrogen) atoms. The van der Waals surface area contributed by atoms with Crippen molar-refractivity contribution in [1.29, 1.82) is 0 Å². The standard InChI is InChI=1S/C11H7BrFN3OS/c12-8-2-3-9(13)7(5-8)1-4-10(17)15-11-16-14-6-18-11/h1-6H,(H,15,16,17)/b4-1+. The molecular formula is C11H7BrFN3OS. The summed E-state index contributed by atoms with van der Waals surface area (Å²) in [6.45, 7) is 0. The second kappa shape index (κ2) is 5.83. The fraction of sp³-hybridized carbons (Fsp3) is 0. The Labute approximate surface area is 115 Å². The monoisotopic (exact) mass is 327 g/mol. The quantitative estimate of drug-likeness (QED) is 0.881. The fourth-order valence-corrected chi connectivity index (χ4v) is 2.01. The van der Waals surface area contributed by atoms with Crippen LogP contribution in [0, 0.1) is 5.82 Å². The number of aromatic nitrogens is 2. The summed E-state index contributed by atoms with van der Waals surface area (Å²) in [4.78, 5) is 11.5. The SMILES string of the molecule is O=C(/C=C/c1cc(Br)ccc1F)Nc1nncs1. The Morgan fingerprint density at radius 1 is 1.50 bits per heavy atom. The highest BCUT2D eigenvalue weighted by Gasteiger charge is 2.02. The smallest absolute Gasteiger partial charge is 0.250 e. The first-order chi connectivity index (χ1) is 8.65. The molecule has 1 N–H and O–H groups in total. The van der Waals surface area contributed by atoms with Crippen molar-refractivity contribution < 1.29 is 9.18 Å². The molecule has 2 aromatic rings. The highest BCUT2D eigenvalue weighted by molar-refractivity contribution is 9.10. The molecule has 0 radical (unpaired) electrons. The number of nitrogens with zero attached hydrogens (tertiary/aromatic N) is 2. The van der Waals surface area contributed by atoms with Gasteiger partial charge in [0.05, 0.1) is 0 Å². The largest absolute Gasteiger partial charge is 0.297 e. The minimum atomic E-state index is -0.391. The molecule has 0 saturated carbocycles. The molecule has 0 spiro atoms. The van der Waals surface area contributed by atoms with Crippen LogP contribution in [0.15, 0.2) is 34.3 Å². The summed E-state index contributed by atoms with van der Waals surface area (Å²) in [7, 11) is 0. The van der Waals surface area contributed by atoms with E-state index < -0.39 is 5.82 Å². The van der Waals surface area contributed by atoms with Crippen molar-refractivity contribution in [1.82, 2.24) is 10.2 Å². The fourth-order valence-electron chi connectivity index (χ4n) is 1.18. The van der Waals surface area contributed by atoms with E-state index in [1.54, 1.807) is 12.1 Å². The van der Waals surface area contributed by atoms with Crippen molar-refractivity contribution in [2.75, 3.05) is 5.32 Å². The van der Waals surface area contributed by atoms with Gasteiger partial charge in [0.25, 0.3) is 0 Å². The summed E-state index contributed by atoms with van der Waals surface area (Å²) < 4.78 is 14.1. The molecule has 7 heteroatoms. The summed E-state index contributed by atoms with van der Waals surface area (Å²) in [6, 6.07) is 4.50. The lowest BCUT2D eigenvalue weighted by molar-refractivity contribution is -0.111. The van der Waals surface area contributed by atoms with Crippen molar-refractivity contribution in [2.24, 2.45) is 0 Å². The molecule has 4 nitrogen and oxygen atoms in total. The summed E-state index contributed by atoms with van der Waals surface area (Å²) >= 11 is 4.44. The van der Waals surface area contributed by atoms with Crippen LogP contribution in [0.3, 0.4) is 0 Å². The molecule has 1 heterocycles. The number of anilines is 1. The maximum atomic E-state index is 13.4. The highest BCUT2D eigenvalue weighted by atomic mass is 79.9. The van der Waals surface area contributed by atoms with Crippen LogP contribution in [0.2, 0.25) is 0 Å². The number of nitrogens with one attached hydrogen (secondary N) is 1. The molecule has 0 aliphatic carbocycles. The van der Waals surface area contributed by atoms with Gasteiger partial charge in [-0.25, -0.2) is 4.39 Å². The number of amides is 1. The van der Waals surface area contributed by atoms with Crippen LogP contribution in [0.25, 0.3) is 6.08 Å². The maximum absolute atomic E-state index is 13.4. The van der Waals surface area contributed by atoms with Crippen LogP contribution < -0.4 is 5.32 Å². The average molecular weight is 328 g/mol. The lowest BCUT2D eigenvalue weighted by Crippen LogP contribution is -2.07. The van der Waals surface area contributed by atoms with E-state index in [2.05, 4.69) is 31.4 Å². The molecule has 0 unspecified atom stereocenters. The zero-order valence-corrected chi connectivity index (χ0v) is 11.3. The van der Waals surface area contributed by atoms with Gasteiger partial charge in [-0.15, -0.1) is 10.2 Å². The van der Waals surface area contributed by atoms with E-state index in [0.29, 0.717) is 10.7 Å². The van der Waals surface area contributed by atoms with Gasteiger partial charge in [0.2, 0.25) is 11.0 Å². The van der Waals surface area contributed by atoms with Crippen molar-refractivity contribution in [2.45, 2.75) is 0 Å². The molecule has 0 atom stereocenters. The number of rotatable bonds is 3. The summed E-state index contributed by atoms with van der Waals surface area (Å²) in [5.74, 6) is -0.774. The number of hydrogen-bond donors (Lipinski definition) is 1.